The van der Waals surface area contributed by atoms with E-state index in [2.05, 4.69) is 54.8 Å². The Kier molecular flexibility index (Phi) is 6.41. The summed E-state index contributed by atoms with van der Waals surface area (Å²) in [6, 6.07) is 8.65. The summed E-state index contributed by atoms with van der Waals surface area (Å²) in [5.41, 5.74) is 3.80. The first-order chi connectivity index (χ1) is 8.27. The number of unbranched alkanes of at least 4 members (excludes halogenated alkanes) is 1. The summed E-state index contributed by atoms with van der Waals surface area (Å²) in [4.78, 5) is 0. The molecule has 0 aliphatic carbocycles. The maximum Gasteiger partial charge on any atom is 0.0370 e. The molecule has 0 aromatic heterocycles. The zero-order valence-corrected chi connectivity index (χ0v) is 11.2. The van der Waals surface area contributed by atoms with Crippen molar-refractivity contribution in [3.8, 4) is 0 Å². The lowest BCUT2D eigenvalue weighted by atomic mass is 10.1. The Hall–Kier alpha value is -1.28. The predicted octanol–water partition coefficient (Wildman–Crippen LogP) is 2.95. The molecule has 0 saturated heterocycles. The summed E-state index contributed by atoms with van der Waals surface area (Å²) >= 11 is 0. The summed E-state index contributed by atoms with van der Waals surface area (Å²) in [5.74, 6) is 0. The normalized spacial score (nSPS) is 11.6. The first-order valence-electron chi connectivity index (χ1n) is 6.39. The number of aryl methyl sites for hydroxylation is 1. The van der Waals surface area contributed by atoms with Crippen LogP contribution in [0, 0.1) is 6.92 Å². The lowest BCUT2D eigenvalue weighted by Gasteiger charge is -2.11. The molecule has 1 aromatic carbocycles. The molecule has 1 rings (SSSR count). The molecule has 2 nitrogen and oxygen atoms in total. The molecule has 2 heteroatoms. The van der Waals surface area contributed by atoms with Gasteiger partial charge in [-0.2, -0.15) is 0 Å². The van der Waals surface area contributed by atoms with Gasteiger partial charge < -0.3 is 10.6 Å². The van der Waals surface area contributed by atoms with Crippen LogP contribution in [0.3, 0.4) is 0 Å². The van der Waals surface area contributed by atoms with E-state index in [1.54, 1.807) is 0 Å². The Bertz CT molecular complexity index is 338. The van der Waals surface area contributed by atoms with Crippen molar-refractivity contribution >= 4 is 5.70 Å². The standard InChI is InChI=1S/C15H24N2/c1-4-15(17-12-6-5-11-16-3)14-9-7-13(2)8-10-14/h4,7-10,16-17H,5-6,11-12H2,1-3H3. The van der Waals surface area contributed by atoms with E-state index >= 15 is 0 Å². The molecule has 0 amide bonds. The summed E-state index contributed by atoms with van der Waals surface area (Å²) in [5, 5.41) is 6.66. The Labute approximate surface area is 105 Å². The number of nitrogens with one attached hydrogen (secondary N) is 2. The molecule has 0 fully saturated rings. The van der Waals surface area contributed by atoms with Gasteiger partial charge in [-0.25, -0.2) is 0 Å². The zero-order valence-electron chi connectivity index (χ0n) is 11.2. The van der Waals surface area contributed by atoms with Gasteiger partial charge in [0, 0.05) is 12.2 Å². The minimum Gasteiger partial charge on any atom is -0.385 e. The van der Waals surface area contributed by atoms with Gasteiger partial charge in [0.25, 0.3) is 0 Å². The van der Waals surface area contributed by atoms with E-state index in [9.17, 15) is 0 Å². The highest BCUT2D eigenvalue weighted by atomic mass is 14.9. The van der Waals surface area contributed by atoms with Gasteiger partial charge in [-0.3, -0.25) is 0 Å². The monoisotopic (exact) mass is 232 g/mol. The second-order valence-corrected chi connectivity index (χ2v) is 4.31. The topological polar surface area (TPSA) is 24.1 Å². The molecular weight excluding hydrogens is 208 g/mol. The molecule has 0 radical (unpaired) electrons. The third-order valence-electron chi connectivity index (χ3n) is 2.82. The largest absolute Gasteiger partial charge is 0.385 e. The van der Waals surface area contributed by atoms with Gasteiger partial charge in [-0.15, -0.1) is 0 Å². The van der Waals surface area contributed by atoms with Gasteiger partial charge >= 0.3 is 0 Å². The first-order valence-corrected chi connectivity index (χ1v) is 6.39. The Morgan fingerprint density at radius 1 is 1.12 bits per heavy atom. The fourth-order valence-corrected chi connectivity index (χ4v) is 1.75. The highest BCUT2D eigenvalue weighted by Crippen LogP contribution is 2.12. The van der Waals surface area contributed by atoms with E-state index in [0.717, 1.165) is 13.1 Å². The van der Waals surface area contributed by atoms with Crippen LogP contribution in [0.15, 0.2) is 30.3 Å². The van der Waals surface area contributed by atoms with E-state index in [0.29, 0.717) is 0 Å². The number of allylic oxidation sites excluding steroid dienone is 1. The molecule has 94 valence electrons. The van der Waals surface area contributed by atoms with Crippen molar-refractivity contribution in [3.63, 3.8) is 0 Å². The minimum atomic E-state index is 1.04. The highest BCUT2D eigenvalue weighted by molar-refractivity contribution is 5.63. The average molecular weight is 232 g/mol. The van der Waals surface area contributed by atoms with Crippen molar-refractivity contribution in [2.45, 2.75) is 26.7 Å². The maximum absolute atomic E-state index is 3.50. The summed E-state index contributed by atoms with van der Waals surface area (Å²) in [7, 11) is 2.00. The van der Waals surface area contributed by atoms with Crippen LogP contribution in [-0.2, 0) is 0 Å². The van der Waals surface area contributed by atoms with Crippen molar-refractivity contribution in [1.82, 2.24) is 10.6 Å². The van der Waals surface area contributed by atoms with E-state index < -0.39 is 0 Å². The lowest BCUT2D eigenvalue weighted by Crippen LogP contribution is -2.16. The predicted molar refractivity (Wildman–Crippen MR) is 76.0 cm³/mol. The Morgan fingerprint density at radius 2 is 1.76 bits per heavy atom. The van der Waals surface area contributed by atoms with Crippen LogP contribution in [-0.4, -0.2) is 20.1 Å². The fraction of sp³-hybridized carbons (Fsp3) is 0.467. The van der Waals surface area contributed by atoms with Crippen molar-refractivity contribution < 1.29 is 0 Å². The molecular formula is C15H24N2. The summed E-state index contributed by atoms with van der Waals surface area (Å²) in [6.45, 7) is 6.33. The molecule has 0 unspecified atom stereocenters. The van der Waals surface area contributed by atoms with Gasteiger partial charge in [-0.1, -0.05) is 35.9 Å². The SMILES string of the molecule is CC=C(NCCCCNC)c1ccc(C)cc1. The van der Waals surface area contributed by atoms with Gasteiger partial charge in [0.05, 0.1) is 0 Å². The summed E-state index contributed by atoms with van der Waals surface area (Å²) in [6.07, 6.45) is 4.56. The first kappa shape index (κ1) is 13.8. The van der Waals surface area contributed by atoms with Crippen molar-refractivity contribution in [1.29, 1.82) is 0 Å². The summed E-state index contributed by atoms with van der Waals surface area (Å²) < 4.78 is 0. The van der Waals surface area contributed by atoms with Crippen molar-refractivity contribution in [2.24, 2.45) is 0 Å². The number of hydrogen-bond acceptors (Lipinski definition) is 2. The van der Waals surface area contributed by atoms with Gasteiger partial charge in [0.15, 0.2) is 0 Å². The van der Waals surface area contributed by atoms with Gasteiger partial charge in [0.1, 0.15) is 0 Å². The zero-order chi connectivity index (χ0) is 12.5. The van der Waals surface area contributed by atoms with Crippen molar-refractivity contribution in [3.05, 3.63) is 41.5 Å². The molecule has 0 spiro atoms. The molecule has 0 atom stereocenters. The van der Waals surface area contributed by atoms with Crippen LogP contribution in [0.25, 0.3) is 5.70 Å². The van der Waals surface area contributed by atoms with Crippen LogP contribution in [0.4, 0.5) is 0 Å². The molecule has 0 saturated carbocycles. The average Bonchev–Trinajstić information content (AvgIpc) is 2.35. The van der Waals surface area contributed by atoms with E-state index in [4.69, 9.17) is 0 Å². The second-order valence-electron chi connectivity index (χ2n) is 4.31. The van der Waals surface area contributed by atoms with Crippen LogP contribution in [0.1, 0.15) is 30.9 Å². The molecule has 0 bridgehead atoms. The second kappa shape index (κ2) is 7.91. The van der Waals surface area contributed by atoms with E-state index in [1.165, 1.54) is 29.7 Å². The third kappa shape index (κ3) is 5.05. The number of hydrogen-bond donors (Lipinski definition) is 2. The molecule has 1 aromatic rings. The van der Waals surface area contributed by atoms with E-state index in [-0.39, 0.29) is 0 Å². The quantitative estimate of drug-likeness (QED) is 0.706. The molecule has 2 N–H and O–H groups in total. The van der Waals surface area contributed by atoms with Crippen LogP contribution in [0.5, 0.6) is 0 Å². The molecule has 0 aliphatic rings. The van der Waals surface area contributed by atoms with Crippen LogP contribution >= 0.6 is 0 Å². The lowest BCUT2D eigenvalue weighted by molar-refractivity contribution is 0.660. The van der Waals surface area contributed by atoms with Gasteiger partial charge in [0.2, 0.25) is 0 Å². The Balaban J connectivity index is 2.41. The fourth-order valence-electron chi connectivity index (χ4n) is 1.75. The molecule has 17 heavy (non-hydrogen) atoms. The maximum atomic E-state index is 3.50. The Morgan fingerprint density at radius 3 is 2.35 bits per heavy atom. The minimum absolute atomic E-state index is 1.04. The van der Waals surface area contributed by atoms with Gasteiger partial charge in [-0.05, 0) is 45.8 Å². The highest BCUT2D eigenvalue weighted by Gasteiger charge is 1.98. The van der Waals surface area contributed by atoms with Crippen LogP contribution < -0.4 is 10.6 Å². The van der Waals surface area contributed by atoms with Crippen molar-refractivity contribution in [2.75, 3.05) is 20.1 Å². The number of benzene rings is 1. The van der Waals surface area contributed by atoms with Crippen LogP contribution in [0.2, 0.25) is 0 Å². The molecule has 0 aliphatic heterocycles. The number of rotatable bonds is 7. The third-order valence-corrected chi connectivity index (χ3v) is 2.82. The smallest absolute Gasteiger partial charge is 0.0370 e. The molecule has 0 heterocycles. The van der Waals surface area contributed by atoms with E-state index in [1.807, 2.05) is 7.05 Å².